The van der Waals surface area contributed by atoms with Crippen LogP contribution in [0.15, 0.2) is 109 Å². The number of nitrogens with zero attached hydrogens (tertiary/aromatic N) is 1. The van der Waals surface area contributed by atoms with Crippen molar-refractivity contribution in [1.29, 1.82) is 0 Å². The molecule has 4 rings (SSSR count). The molecule has 1 unspecified atom stereocenters. The van der Waals surface area contributed by atoms with Gasteiger partial charge in [-0.15, -0.1) is 0 Å². The summed E-state index contributed by atoms with van der Waals surface area (Å²) in [6.07, 6.45) is 53.3. The molecule has 2 fully saturated rings. The molecule has 1 N–H and O–H groups in total. The number of carbonyl (C=O) groups is 3. The van der Waals surface area contributed by atoms with Gasteiger partial charge in [-0.2, -0.15) is 0 Å². The van der Waals surface area contributed by atoms with Crippen LogP contribution < -0.4 is 0 Å². The first-order valence-corrected chi connectivity index (χ1v) is 27.1. The summed E-state index contributed by atoms with van der Waals surface area (Å²) in [4.78, 5) is 37.3. The zero-order valence-corrected chi connectivity index (χ0v) is 42.8. The van der Waals surface area contributed by atoms with Crippen LogP contribution in [0.3, 0.4) is 0 Å². The van der Waals surface area contributed by atoms with E-state index in [2.05, 4.69) is 67.6 Å². The zero-order chi connectivity index (χ0) is 48.6. The molecule has 0 radical (unpaired) electrons. The lowest BCUT2D eigenvalue weighted by Crippen LogP contribution is -2.20. The predicted octanol–water partition coefficient (Wildman–Crippen LogP) is 15.5. The Balaban J connectivity index is 0.00000138. The Kier molecular flexibility index (Phi) is 32.4. The van der Waals surface area contributed by atoms with Crippen LogP contribution in [-0.2, 0) is 37.1 Å². The van der Waals surface area contributed by atoms with Gasteiger partial charge >= 0.3 is 11.9 Å². The van der Waals surface area contributed by atoms with E-state index in [1.807, 2.05) is 60.7 Å². The second-order valence-corrected chi connectivity index (χ2v) is 20.0. The van der Waals surface area contributed by atoms with Gasteiger partial charge in [0.1, 0.15) is 19.0 Å². The van der Waals surface area contributed by atoms with Crippen molar-refractivity contribution in [1.82, 2.24) is 4.90 Å². The maximum Gasteiger partial charge on any atom is 0.306 e. The molecule has 2 aliphatic rings. The molecule has 378 valence electrons. The van der Waals surface area contributed by atoms with Crippen molar-refractivity contribution in [2.24, 2.45) is 10.8 Å². The standard InChI is InChI=1S/C54H85NO5.C7H8O/c1-55(2)46-31-37-52(58)60-50(34-23-12-7-3-5-9-15-26-38-53(42-43-53)40-28-17-11-19-30-47-56)35-24-13-8-4-6-10-16-27-39-54(44-45-54)41-29-18-14-25-36-51(57)59-48-49-32-21-20-22-33-49;8-6-7-4-2-1-3-5-7/h20-22,26-29,32-33,38-41,47,50H,3-19,23-25,30-31,34-37,42-46,48H2,1-2H3;1-5,8H,6H2/b38-26-,39-27-,40-28-,41-29-;. The third-order valence-electron chi connectivity index (χ3n) is 13.2. The molecule has 0 spiro atoms. The van der Waals surface area contributed by atoms with E-state index in [-0.39, 0.29) is 30.1 Å². The molecule has 7 nitrogen and oxygen atoms in total. The van der Waals surface area contributed by atoms with E-state index < -0.39 is 0 Å². The van der Waals surface area contributed by atoms with Crippen molar-refractivity contribution in [3.05, 3.63) is 120 Å². The highest BCUT2D eigenvalue weighted by Gasteiger charge is 2.37. The number of carbonyl (C=O) groups excluding carboxylic acids is 3. The first-order chi connectivity index (χ1) is 33.3. The number of hydrogen-bond acceptors (Lipinski definition) is 7. The molecular formula is C61H93NO6. The van der Waals surface area contributed by atoms with Crippen LogP contribution in [0.25, 0.3) is 0 Å². The maximum atomic E-state index is 12.7. The van der Waals surface area contributed by atoms with Gasteiger partial charge in [-0.25, -0.2) is 0 Å². The molecule has 0 aromatic heterocycles. The minimum atomic E-state index is -0.104. The van der Waals surface area contributed by atoms with Gasteiger partial charge in [0.2, 0.25) is 0 Å². The molecule has 2 aromatic rings. The highest BCUT2D eigenvalue weighted by molar-refractivity contribution is 5.69. The summed E-state index contributed by atoms with van der Waals surface area (Å²) in [5.41, 5.74) is 2.62. The molecule has 2 aliphatic carbocycles. The van der Waals surface area contributed by atoms with Crippen LogP contribution in [0.4, 0.5) is 0 Å². The topological polar surface area (TPSA) is 93.1 Å². The Morgan fingerprint density at radius 3 is 1.40 bits per heavy atom. The van der Waals surface area contributed by atoms with E-state index in [0.717, 1.165) is 101 Å². The fraction of sp³-hybridized carbons (Fsp3) is 0.623. The lowest BCUT2D eigenvalue weighted by Gasteiger charge is -2.18. The summed E-state index contributed by atoms with van der Waals surface area (Å²) < 4.78 is 11.4. The number of benzene rings is 2. The number of hydrogen-bond donors (Lipinski definition) is 1. The Labute approximate surface area is 414 Å². The van der Waals surface area contributed by atoms with Gasteiger partial charge in [0.15, 0.2) is 0 Å². The van der Waals surface area contributed by atoms with Gasteiger partial charge in [-0.05, 0) is 154 Å². The van der Waals surface area contributed by atoms with Crippen LogP contribution in [0, 0.1) is 10.8 Å². The fourth-order valence-electron chi connectivity index (χ4n) is 8.48. The largest absolute Gasteiger partial charge is 0.462 e. The van der Waals surface area contributed by atoms with Gasteiger partial charge in [0.05, 0.1) is 6.61 Å². The van der Waals surface area contributed by atoms with Crippen LogP contribution in [-0.4, -0.2) is 55.0 Å². The minimum Gasteiger partial charge on any atom is -0.462 e. The smallest absolute Gasteiger partial charge is 0.306 e. The number of aliphatic hydroxyl groups is 1. The minimum absolute atomic E-state index is 0.0153. The molecule has 1 atom stereocenters. The first-order valence-electron chi connectivity index (χ1n) is 27.1. The number of allylic oxidation sites excluding steroid dienone is 8. The van der Waals surface area contributed by atoms with Crippen molar-refractivity contribution < 1.29 is 29.0 Å². The number of aldehydes is 1. The molecule has 0 saturated heterocycles. The lowest BCUT2D eigenvalue weighted by atomic mass is 10.0. The molecule has 0 bridgehead atoms. The Morgan fingerprint density at radius 2 is 0.956 bits per heavy atom. The highest BCUT2D eigenvalue weighted by atomic mass is 16.5. The molecule has 2 saturated carbocycles. The second kappa shape index (κ2) is 37.8. The number of esters is 2. The lowest BCUT2D eigenvalue weighted by molar-refractivity contribution is -0.150. The van der Waals surface area contributed by atoms with E-state index in [1.54, 1.807) is 0 Å². The van der Waals surface area contributed by atoms with Gasteiger partial charge in [-0.3, -0.25) is 9.59 Å². The van der Waals surface area contributed by atoms with Crippen molar-refractivity contribution in [2.45, 2.75) is 212 Å². The SMILES string of the molecule is CN(C)CCCC(=O)OC(CCCCCCCC/C=C\C1(/C=C\CCCCC=O)CC1)CCCCCCCC/C=C\C1(/C=C\CCCCC(=O)OCc2ccccc2)CC1.OCc1ccccc1. The summed E-state index contributed by atoms with van der Waals surface area (Å²) in [5.74, 6) is -0.119. The average Bonchev–Trinajstić information content (AvgIpc) is 4.30. The van der Waals surface area contributed by atoms with Crippen LogP contribution in [0.1, 0.15) is 204 Å². The number of aliphatic hydroxyl groups excluding tert-OH is 1. The number of unbranched alkanes of at least 4 members (excludes halogenated alkanes) is 17. The molecule has 0 amide bonds. The predicted molar refractivity (Wildman–Crippen MR) is 283 cm³/mol. The maximum absolute atomic E-state index is 12.7. The summed E-state index contributed by atoms with van der Waals surface area (Å²) in [6, 6.07) is 19.4. The summed E-state index contributed by atoms with van der Waals surface area (Å²) in [5, 5.41) is 8.54. The quantitative estimate of drug-likeness (QED) is 0.0308. The van der Waals surface area contributed by atoms with Crippen molar-refractivity contribution in [3.8, 4) is 0 Å². The van der Waals surface area contributed by atoms with Crippen LogP contribution in [0.5, 0.6) is 0 Å². The molecule has 7 heteroatoms. The van der Waals surface area contributed by atoms with Crippen molar-refractivity contribution in [2.75, 3.05) is 20.6 Å². The van der Waals surface area contributed by atoms with E-state index in [0.29, 0.717) is 31.3 Å². The Bertz CT molecular complexity index is 1690. The normalized spacial score (nSPS) is 15.2. The second-order valence-electron chi connectivity index (χ2n) is 20.0. The molecule has 0 aliphatic heterocycles. The van der Waals surface area contributed by atoms with Gasteiger partial charge in [0, 0.05) is 30.1 Å². The molecule has 68 heavy (non-hydrogen) atoms. The monoisotopic (exact) mass is 936 g/mol. The van der Waals surface area contributed by atoms with E-state index in [1.165, 1.54) is 96.3 Å². The molecular weight excluding hydrogens is 843 g/mol. The Morgan fingerprint density at radius 1 is 0.544 bits per heavy atom. The van der Waals surface area contributed by atoms with Gasteiger partial charge in [-0.1, -0.05) is 161 Å². The van der Waals surface area contributed by atoms with E-state index in [4.69, 9.17) is 14.6 Å². The van der Waals surface area contributed by atoms with Crippen LogP contribution >= 0.6 is 0 Å². The first kappa shape index (κ1) is 58.2. The van der Waals surface area contributed by atoms with Crippen LogP contribution in [0.2, 0.25) is 0 Å². The fourth-order valence-corrected chi connectivity index (χ4v) is 8.48. The van der Waals surface area contributed by atoms with Gasteiger partial charge < -0.3 is 24.3 Å². The molecule has 0 heterocycles. The Hall–Kier alpha value is -4.07. The number of rotatable bonds is 40. The van der Waals surface area contributed by atoms with Crippen molar-refractivity contribution >= 4 is 18.2 Å². The van der Waals surface area contributed by atoms with Gasteiger partial charge in [0.25, 0.3) is 0 Å². The summed E-state index contributed by atoms with van der Waals surface area (Å²) >= 11 is 0. The van der Waals surface area contributed by atoms with E-state index in [9.17, 15) is 14.4 Å². The summed E-state index contributed by atoms with van der Waals surface area (Å²) in [7, 11) is 4.11. The third-order valence-corrected chi connectivity index (χ3v) is 13.2. The highest BCUT2D eigenvalue weighted by Crippen LogP contribution is 2.49. The third kappa shape index (κ3) is 31.1. The molecule has 2 aromatic carbocycles. The number of ether oxygens (including phenoxy) is 2. The average molecular weight is 936 g/mol. The zero-order valence-electron chi connectivity index (χ0n) is 42.8. The van der Waals surface area contributed by atoms with E-state index >= 15 is 0 Å². The van der Waals surface area contributed by atoms with Crippen molar-refractivity contribution in [3.63, 3.8) is 0 Å². The summed E-state index contributed by atoms with van der Waals surface area (Å²) in [6.45, 7) is 1.42.